The molecule has 1 saturated heterocycles. The Balaban J connectivity index is 1.65. The number of hydrogen-bond acceptors (Lipinski definition) is 3. The molecule has 1 aromatic carbocycles. The van der Waals surface area contributed by atoms with Crippen LogP contribution >= 0.6 is 0 Å². The molecule has 3 rings (SSSR count). The summed E-state index contributed by atoms with van der Waals surface area (Å²) in [6.07, 6.45) is 7.02. The molecule has 116 valence electrons. The molecule has 1 saturated carbocycles. The molecule has 2 aliphatic rings. The maximum absolute atomic E-state index is 10.3. The first-order valence-corrected chi connectivity index (χ1v) is 8.38. The largest absolute Gasteiger partial charge is 0.393 e. The summed E-state index contributed by atoms with van der Waals surface area (Å²) in [5.74, 6) is 0.470. The van der Waals surface area contributed by atoms with E-state index in [1.54, 1.807) is 0 Å². The minimum Gasteiger partial charge on any atom is -0.393 e. The summed E-state index contributed by atoms with van der Waals surface area (Å²) >= 11 is 0. The van der Waals surface area contributed by atoms with Gasteiger partial charge in [0.1, 0.15) is 0 Å². The minimum atomic E-state index is -0.0962. The predicted octanol–water partition coefficient (Wildman–Crippen LogP) is 2.69. The second kappa shape index (κ2) is 6.91. The molecule has 1 aromatic rings. The molecule has 3 atom stereocenters. The molecular formula is C18H27NO2. The molecule has 21 heavy (non-hydrogen) atoms. The van der Waals surface area contributed by atoms with Crippen LogP contribution in [0.1, 0.15) is 49.7 Å². The van der Waals surface area contributed by atoms with E-state index >= 15 is 0 Å². The molecule has 1 aliphatic heterocycles. The van der Waals surface area contributed by atoms with Crippen molar-refractivity contribution in [2.24, 2.45) is 5.92 Å². The zero-order valence-corrected chi connectivity index (χ0v) is 12.7. The van der Waals surface area contributed by atoms with Gasteiger partial charge in [-0.2, -0.15) is 0 Å². The van der Waals surface area contributed by atoms with Crippen LogP contribution in [0.3, 0.4) is 0 Å². The van der Waals surface area contributed by atoms with Crippen molar-refractivity contribution in [2.45, 2.75) is 63.8 Å². The Labute approximate surface area is 127 Å². The Morgan fingerprint density at radius 2 is 1.67 bits per heavy atom. The van der Waals surface area contributed by atoms with E-state index in [1.807, 2.05) is 12.1 Å². The van der Waals surface area contributed by atoms with Crippen molar-refractivity contribution in [3.63, 3.8) is 0 Å². The smallest absolute Gasteiger partial charge is 0.0681 e. The second-order valence-electron chi connectivity index (χ2n) is 6.67. The zero-order chi connectivity index (χ0) is 14.7. The monoisotopic (exact) mass is 289 g/mol. The fourth-order valence-corrected chi connectivity index (χ4v) is 4.11. The van der Waals surface area contributed by atoms with Crippen LogP contribution < -0.4 is 0 Å². The van der Waals surface area contributed by atoms with Crippen LogP contribution in [0.5, 0.6) is 0 Å². The van der Waals surface area contributed by atoms with Crippen LogP contribution in [0.2, 0.25) is 0 Å². The van der Waals surface area contributed by atoms with Gasteiger partial charge in [0, 0.05) is 18.5 Å². The summed E-state index contributed by atoms with van der Waals surface area (Å²) in [5, 5.41) is 19.4. The van der Waals surface area contributed by atoms with Gasteiger partial charge >= 0.3 is 0 Å². The Kier molecular flexibility index (Phi) is 4.94. The van der Waals surface area contributed by atoms with Gasteiger partial charge in [-0.25, -0.2) is 0 Å². The number of aliphatic hydroxyl groups excluding tert-OH is 2. The van der Waals surface area contributed by atoms with Gasteiger partial charge < -0.3 is 10.2 Å². The number of hydrogen-bond donors (Lipinski definition) is 2. The first-order chi connectivity index (χ1) is 10.3. The Morgan fingerprint density at radius 1 is 0.952 bits per heavy atom. The molecule has 0 spiro atoms. The van der Waals surface area contributed by atoms with Crippen LogP contribution in [-0.2, 0) is 13.2 Å². The number of nitrogens with zero attached hydrogens (tertiary/aromatic N) is 1. The Bertz CT molecular complexity index is 445. The molecule has 3 nitrogen and oxygen atoms in total. The third-order valence-electron chi connectivity index (χ3n) is 5.28. The zero-order valence-electron chi connectivity index (χ0n) is 12.7. The van der Waals surface area contributed by atoms with E-state index in [9.17, 15) is 5.11 Å². The molecule has 3 heteroatoms. The lowest BCUT2D eigenvalue weighted by Crippen LogP contribution is -2.42. The maximum atomic E-state index is 10.3. The summed E-state index contributed by atoms with van der Waals surface area (Å²) in [5.41, 5.74) is 2.28. The first kappa shape index (κ1) is 15.0. The van der Waals surface area contributed by atoms with Gasteiger partial charge in [0.05, 0.1) is 12.7 Å². The SMILES string of the molecule is OCc1ccc(CN2CCC[C@@H]2[C@H]2CCCC[C@H]2O)cc1. The van der Waals surface area contributed by atoms with Crippen LogP contribution in [0.25, 0.3) is 0 Å². The number of likely N-dealkylation sites (tertiary alicyclic amines) is 1. The lowest BCUT2D eigenvalue weighted by Gasteiger charge is -2.37. The predicted molar refractivity (Wildman–Crippen MR) is 83.8 cm³/mol. The molecular weight excluding hydrogens is 262 g/mol. The van der Waals surface area contributed by atoms with Gasteiger partial charge in [0.2, 0.25) is 0 Å². The molecule has 0 amide bonds. The van der Waals surface area contributed by atoms with Crippen molar-refractivity contribution in [3.8, 4) is 0 Å². The van der Waals surface area contributed by atoms with Crippen molar-refractivity contribution in [3.05, 3.63) is 35.4 Å². The van der Waals surface area contributed by atoms with Crippen LogP contribution in [0, 0.1) is 5.92 Å². The van der Waals surface area contributed by atoms with Crippen molar-refractivity contribution in [1.29, 1.82) is 0 Å². The molecule has 2 N–H and O–H groups in total. The van der Waals surface area contributed by atoms with E-state index in [0.29, 0.717) is 12.0 Å². The fraction of sp³-hybridized carbons (Fsp3) is 0.667. The molecule has 1 aliphatic carbocycles. The van der Waals surface area contributed by atoms with Gasteiger partial charge in [-0.05, 0) is 43.4 Å². The highest BCUT2D eigenvalue weighted by atomic mass is 16.3. The fourth-order valence-electron chi connectivity index (χ4n) is 4.11. The van der Waals surface area contributed by atoms with Gasteiger partial charge in [0.25, 0.3) is 0 Å². The number of benzene rings is 1. The summed E-state index contributed by atoms with van der Waals surface area (Å²) in [6, 6.07) is 8.82. The van der Waals surface area contributed by atoms with Crippen LogP contribution in [0.15, 0.2) is 24.3 Å². The molecule has 2 fully saturated rings. The van der Waals surface area contributed by atoms with E-state index in [-0.39, 0.29) is 12.7 Å². The number of aliphatic hydroxyl groups is 2. The van der Waals surface area contributed by atoms with Crippen molar-refractivity contribution < 1.29 is 10.2 Å². The average Bonchev–Trinajstić information content (AvgIpc) is 2.96. The molecule has 0 aromatic heterocycles. The summed E-state index contributed by atoms with van der Waals surface area (Å²) in [7, 11) is 0. The Morgan fingerprint density at radius 3 is 2.38 bits per heavy atom. The van der Waals surface area contributed by atoms with Gasteiger partial charge in [-0.3, -0.25) is 4.90 Å². The van der Waals surface area contributed by atoms with Gasteiger partial charge in [-0.15, -0.1) is 0 Å². The van der Waals surface area contributed by atoms with E-state index < -0.39 is 0 Å². The highest BCUT2D eigenvalue weighted by Gasteiger charge is 2.36. The van der Waals surface area contributed by atoms with E-state index in [1.165, 1.54) is 37.7 Å². The average molecular weight is 289 g/mol. The highest BCUT2D eigenvalue weighted by Crippen LogP contribution is 2.35. The van der Waals surface area contributed by atoms with Gasteiger partial charge in [-0.1, -0.05) is 37.1 Å². The van der Waals surface area contributed by atoms with Crippen molar-refractivity contribution in [1.82, 2.24) is 4.90 Å². The quantitative estimate of drug-likeness (QED) is 0.895. The third-order valence-corrected chi connectivity index (χ3v) is 5.28. The summed E-state index contributed by atoms with van der Waals surface area (Å²) in [6.45, 7) is 2.23. The minimum absolute atomic E-state index is 0.0962. The third kappa shape index (κ3) is 3.47. The van der Waals surface area contributed by atoms with Crippen molar-refractivity contribution in [2.75, 3.05) is 6.54 Å². The topological polar surface area (TPSA) is 43.7 Å². The standard InChI is InChI=1S/C18H27NO2/c20-13-15-9-7-14(8-10-15)12-19-11-3-5-17(19)16-4-1-2-6-18(16)21/h7-10,16-18,20-21H,1-6,11-13H2/t16-,17-,18-/m1/s1. The lowest BCUT2D eigenvalue weighted by molar-refractivity contribution is 0.0201. The number of rotatable bonds is 4. The maximum Gasteiger partial charge on any atom is 0.0681 e. The first-order valence-electron chi connectivity index (χ1n) is 8.38. The lowest BCUT2D eigenvalue weighted by atomic mass is 9.80. The molecule has 0 unspecified atom stereocenters. The molecule has 1 heterocycles. The second-order valence-corrected chi connectivity index (χ2v) is 6.67. The molecule has 0 bridgehead atoms. The van der Waals surface area contributed by atoms with E-state index in [4.69, 9.17) is 5.11 Å². The highest BCUT2D eigenvalue weighted by molar-refractivity contribution is 5.22. The summed E-state index contributed by atoms with van der Waals surface area (Å²) < 4.78 is 0. The van der Waals surface area contributed by atoms with Crippen LogP contribution in [0.4, 0.5) is 0 Å². The Hall–Kier alpha value is -0.900. The normalized spacial score (nSPS) is 30.7. The van der Waals surface area contributed by atoms with E-state index in [0.717, 1.165) is 25.1 Å². The molecule has 0 radical (unpaired) electrons. The van der Waals surface area contributed by atoms with Gasteiger partial charge in [0.15, 0.2) is 0 Å². The van der Waals surface area contributed by atoms with E-state index in [2.05, 4.69) is 17.0 Å². The van der Waals surface area contributed by atoms with Crippen molar-refractivity contribution >= 4 is 0 Å². The summed E-state index contributed by atoms with van der Waals surface area (Å²) in [4.78, 5) is 2.56. The van der Waals surface area contributed by atoms with Crippen LogP contribution in [-0.4, -0.2) is 33.8 Å².